The molecular formula is C12H19N5O2S2. The number of hydrogen-bond donors (Lipinski definition) is 3. The maximum atomic E-state index is 11.9. The zero-order valence-electron chi connectivity index (χ0n) is 11.8. The summed E-state index contributed by atoms with van der Waals surface area (Å²) in [5, 5.41) is 12.7. The van der Waals surface area contributed by atoms with Crippen LogP contribution in [-0.4, -0.2) is 33.4 Å². The van der Waals surface area contributed by atoms with Crippen LogP contribution in [0.1, 0.15) is 39.0 Å². The Bertz CT molecular complexity index is 502. The van der Waals surface area contributed by atoms with Gasteiger partial charge in [0.05, 0.1) is 5.25 Å². The zero-order valence-corrected chi connectivity index (χ0v) is 13.4. The predicted octanol–water partition coefficient (Wildman–Crippen LogP) is 1.76. The van der Waals surface area contributed by atoms with Crippen LogP contribution in [0.4, 0.5) is 9.93 Å². The fraction of sp³-hybridized carbons (Fsp3) is 0.667. The van der Waals surface area contributed by atoms with Gasteiger partial charge in [0.2, 0.25) is 11.0 Å². The molecule has 0 aliphatic heterocycles. The van der Waals surface area contributed by atoms with Crippen LogP contribution in [0.5, 0.6) is 0 Å². The lowest BCUT2D eigenvalue weighted by Crippen LogP contribution is -2.47. The highest BCUT2D eigenvalue weighted by atomic mass is 32.2. The van der Waals surface area contributed by atoms with E-state index in [4.69, 9.17) is 5.73 Å². The smallest absolute Gasteiger partial charge is 0.321 e. The zero-order chi connectivity index (χ0) is 15.2. The summed E-state index contributed by atoms with van der Waals surface area (Å²) >= 11 is 2.45. The molecule has 0 saturated heterocycles. The maximum absolute atomic E-state index is 11.9. The Hall–Kier alpha value is -1.35. The number of aromatic nitrogens is 2. The Labute approximate surface area is 131 Å². The summed E-state index contributed by atoms with van der Waals surface area (Å²) < 4.78 is 0.614. The first-order valence-corrected chi connectivity index (χ1v) is 8.61. The molecule has 7 nitrogen and oxygen atoms in total. The molecule has 1 fully saturated rings. The molecule has 3 amide bonds. The highest BCUT2D eigenvalue weighted by molar-refractivity contribution is 8.02. The summed E-state index contributed by atoms with van der Waals surface area (Å²) in [4.78, 5) is 23.7. The van der Waals surface area contributed by atoms with Gasteiger partial charge in [0.25, 0.3) is 0 Å². The van der Waals surface area contributed by atoms with Crippen molar-refractivity contribution in [2.45, 2.75) is 54.7 Å². The Morgan fingerprint density at radius 1 is 1.33 bits per heavy atom. The number of hydrogen-bond acceptors (Lipinski definition) is 7. The average molecular weight is 329 g/mol. The molecule has 1 aromatic heterocycles. The van der Waals surface area contributed by atoms with Crippen LogP contribution in [0.25, 0.3) is 0 Å². The summed E-state index contributed by atoms with van der Waals surface area (Å²) in [6, 6.07) is -0.242. The van der Waals surface area contributed by atoms with Gasteiger partial charge in [-0.25, -0.2) is 4.79 Å². The number of imide groups is 1. The van der Waals surface area contributed by atoms with Gasteiger partial charge in [0, 0.05) is 6.04 Å². The first kappa shape index (κ1) is 16.0. The monoisotopic (exact) mass is 329 g/mol. The SMILES string of the molecule is C[C@@H](Sc1nnc(N)s1)C(=O)NC(=O)NC1CCCCC1. The molecule has 9 heteroatoms. The number of amides is 3. The standard InChI is InChI=1S/C12H19N5O2S2/c1-7(20-12-17-16-10(13)21-12)9(18)15-11(19)14-8-5-3-2-4-6-8/h7-8H,2-6H2,1H3,(H2,13,16)(H2,14,15,18,19)/t7-/m1/s1. The third kappa shape index (κ3) is 5.16. The fourth-order valence-corrected chi connectivity index (χ4v) is 3.93. The van der Waals surface area contributed by atoms with E-state index in [0.29, 0.717) is 9.47 Å². The molecule has 0 aromatic carbocycles. The Kier molecular flexibility index (Phi) is 5.80. The summed E-state index contributed by atoms with van der Waals surface area (Å²) in [6.45, 7) is 1.71. The van der Waals surface area contributed by atoms with Gasteiger partial charge >= 0.3 is 6.03 Å². The van der Waals surface area contributed by atoms with Gasteiger partial charge < -0.3 is 11.1 Å². The van der Waals surface area contributed by atoms with Gasteiger partial charge in [-0.2, -0.15) is 0 Å². The van der Waals surface area contributed by atoms with Crippen molar-refractivity contribution in [3.05, 3.63) is 0 Å². The number of thioether (sulfide) groups is 1. The van der Waals surface area contributed by atoms with Crippen LogP contribution in [-0.2, 0) is 4.79 Å². The Morgan fingerprint density at radius 3 is 2.67 bits per heavy atom. The molecule has 2 rings (SSSR count). The lowest BCUT2D eigenvalue weighted by atomic mass is 9.96. The van der Waals surface area contributed by atoms with E-state index in [9.17, 15) is 9.59 Å². The van der Waals surface area contributed by atoms with Crippen LogP contribution in [0.2, 0.25) is 0 Å². The van der Waals surface area contributed by atoms with E-state index in [1.54, 1.807) is 6.92 Å². The van der Waals surface area contributed by atoms with Crippen LogP contribution in [0.15, 0.2) is 4.34 Å². The fourth-order valence-electron chi connectivity index (χ4n) is 2.15. The maximum Gasteiger partial charge on any atom is 0.321 e. The van der Waals surface area contributed by atoms with Gasteiger partial charge in [-0.3, -0.25) is 10.1 Å². The van der Waals surface area contributed by atoms with Crippen molar-refractivity contribution >= 4 is 40.2 Å². The van der Waals surface area contributed by atoms with E-state index in [1.807, 2.05) is 0 Å². The minimum absolute atomic E-state index is 0.178. The molecule has 1 aliphatic rings. The Balaban J connectivity index is 1.75. The van der Waals surface area contributed by atoms with Crippen LogP contribution >= 0.6 is 23.1 Å². The van der Waals surface area contributed by atoms with Crippen molar-refractivity contribution in [2.24, 2.45) is 0 Å². The molecule has 0 unspecified atom stereocenters. The van der Waals surface area contributed by atoms with Crippen LogP contribution in [0, 0.1) is 0 Å². The molecule has 0 radical (unpaired) electrons. The highest BCUT2D eigenvalue weighted by Crippen LogP contribution is 2.27. The van der Waals surface area contributed by atoms with Crippen molar-refractivity contribution in [3.8, 4) is 0 Å². The molecule has 0 spiro atoms. The lowest BCUT2D eigenvalue weighted by molar-refractivity contribution is -0.119. The molecule has 21 heavy (non-hydrogen) atoms. The van der Waals surface area contributed by atoms with Gasteiger partial charge in [0.15, 0.2) is 4.34 Å². The molecule has 1 atom stereocenters. The lowest BCUT2D eigenvalue weighted by Gasteiger charge is -2.22. The molecule has 4 N–H and O–H groups in total. The van der Waals surface area contributed by atoms with Crippen LogP contribution in [0.3, 0.4) is 0 Å². The molecule has 1 saturated carbocycles. The number of rotatable bonds is 4. The number of nitrogens with zero attached hydrogens (tertiary/aromatic N) is 2. The number of nitrogen functional groups attached to an aromatic ring is 1. The van der Waals surface area contributed by atoms with Crippen molar-refractivity contribution in [2.75, 3.05) is 5.73 Å². The Morgan fingerprint density at radius 2 is 2.05 bits per heavy atom. The topological polar surface area (TPSA) is 110 Å². The number of anilines is 1. The first-order chi connectivity index (χ1) is 10.0. The molecule has 1 aromatic rings. The van der Waals surface area contributed by atoms with Crippen molar-refractivity contribution < 1.29 is 9.59 Å². The minimum Gasteiger partial charge on any atom is -0.374 e. The second kappa shape index (κ2) is 7.60. The van der Waals surface area contributed by atoms with E-state index >= 15 is 0 Å². The van der Waals surface area contributed by atoms with E-state index in [-0.39, 0.29) is 11.9 Å². The van der Waals surface area contributed by atoms with Crippen molar-refractivity contribution in [3.63, 3.8) is 0 Å². The van der Waals surface area contributed by atoms with E-state index in [1.165, 1.54) is 29.5 Å². The number of urea groups is 1. The van der Waals surface area contributed by atoms with Gasteiger partial charge in [-0.1, -0.05) is 42.4 Å². The number of carbonyl (C=O) groups is 2. The normalized spacial score (nSPS) is 17.2. The van der Waals surface area contributed by atoms with Gasteiger partial charge in [-0.05, 0) is 19.8 Å². The van der Waals surface area contributed by atoms with E-state index in [0.717, 1.165) is 25.7 Å². The largest absolute Gasteiger partial charge is 0.374 e. The quantitative estimate of drug-likeness (QED) is 0.726. The number of carbonyl (C=O) groups excluding carboxylic acids is 2. The number of nitrogens with one attached hydrogen (secondary N) is 2. The van der Waals surface area contributed by atoms with E-state index < -0.39 is 11.3 Å². The summed E-state index contributed by atoms with van der Waals surface area (Å²) in [7, 11) is 0. The second-order valence-corrected chi connectivity index (χ2v) is 7.56. The molecule has 1 heterocycles. The average Bonchev–Trinajstić information content (AvgIpc) is 2.85. The van der Waals surface area contributed by atoms with E-state index in [2.05, 4.69) is 20.8 Å². The minimum atomic E-state index is -0.436. The van der Waals surface area contributed by atoms with Crippen molar-refractivity contribution in [1.82, 2.24) is 20.8 Å². The second-order valence-electron chi connectivity index (χ2n) is 4.96. The first-order valence-electron chi connectivity index (χ1n) is 6.91. The molecule has 116 valence electrons. The molecule has 1 aliphatic carbocycles. The summed E-state index contributed by atoms with van der Waals surface area (Å²) in [5.41, 5.74) is 5.48. The third-order valence-corrected chi connectivity index (χ3v) is 5.18. The van der Waals surface area contributed by atoms with Crippen molar-refractivity contribution in [1.29, 1.82) is 0 Å². The number of nitrogens with two attached hydrogens (primary N) is 1. The highest BCUT2D eigenvalue weighted by Gasteiger charge is 2.21. The van der Waals surface area contributed by atoms with Crippen LogP contribution < -0.4 is 16.4 Å². The predicted molar refractivity (Wildman–Crippen MR) is 83.2 cm³/mol. The third-order valence-electron chi connectivity index (χ3n) is 3.25. The molecular weight excluding hydrogens is 310 g/mol. The summed E-state index contributed by atoms with van der Waals surface area (Å²) in [6.07, 6.45) is 5.44. The summed E-state index contributed by atoms with van der Waals surface area (Å²) in [5.74, 6) is -0.345. The van der Waals surface area contributed by atoms with Gasteiger partial charge in [-0.15, -0.1) is 10.2 Å². The van der Waals surface area contributed by atoms with Gasteiger partial charge in [0.1, 0.15) is 0 Å². The molecule has 0 bridgehead atoms.